The van der Waals surface area contributed by atoms with E-state index in [0.717, 1.165) is 0 Å². The molecule has 0 aliphatic rings. The van der Waals surface area contributed by atoms with Crippen LogP contribution in [-0.4, -0.2) is 30.5 Å². The zero-order chi connectivity index (χ0) is 12.8. The Morgan fingerprint density at radius 1 is 1.38 bits per heavy atom. The molecule has 16 heavy (non-hydrogen) atoms. The molecule has 0 saturated carbocycles. The first kappa shape index (κ1) is 15.2. The van der Waals surface area contributed by atoms with Gasteiger partial charge < -0.3 is 9.84 Å². The van der Waals surface area contributed by atoms with Gasteiger partial charge in [-0.25, -0.2) is 0 Å². The summed E-state index contributed by atoms with van der Waals surface area (Å²) in [6.07, 6.45) is -3.31. The molecular weight excluding hydrogens is 225 g/mol. The Labute approximate surface area is 92.6 Å². The Morgan fingerprint density at radius 3 is 2.38 bits per heavy atom. The highest BCUT2D eigenvalue weighted by atomic mass is 19.4. The second-order valence-electron chi connectivity index (χ2n) is 3.91. The van der Waals surface area contributed by atoms with Crippen molar-refractivity contribution in [1.82, 2.24) is 0 Å². The van der Waals surface area contributed by atoms with E-state index in [1.165, 1.54) is 0 Å². The number of carbonyl (C=O) groups is 1. The lowest BCUT2D eigenvalue weighted by Gasteiger charge is -2.15. The van der Waals surface area contributed by atoms with E-state index in [1.54, 1.807) is 13.8 Å². The van der Waals surface area contributed by atoms with Gasteiger partial charge in [-0.15, -0.1) is 0 Å². The van der Waals surface area contributed by atoms with Crippen LogP contribution in [0.1, 0.15) is 26.7 Å². The Hall–Kier alpha value is -0.780. The minimum Gasteiger partial charge on any atom is -0.481 e. The summed E-state index contributed by atoms with van der Waals surface area (Å²) in [6, 6.07) is 0. The molecule has 0 spiro atoms. The Kier molecular flexibility index (Phi) is 6.40. The van der Waals surface area contributed by atoms with Gasteiger partial charge >= 0.3 is 12.1 Å². The van der Waals surface area contributed by atoms with E-state index in [1.807, 2.05) is 0 Å². The van der Waals surface area contributed by atoms with Crippen molar-refractivity contribution >= 4 is 5.97 Å². The molecule has 0 aliphatic carbocycles. The van der Waals surface area contributed by atoms with Crippen LogP contribution in [0.15, 0.2) is 0 Å². The predicted molar refractivity (Wildman–Crippen MR) is 52.1 cm³/mol. The fourth-order valence-corrected chi connectivity index (χ4v) is 1.19. The van der Waals surface area contributed by atoms with Gasteiger partial charge in [0.15, 0.2) is 0 Å². The summed E-state index contributed by atoms with van der Waals surface area (Å²) in [7, 11) is 0. The quantitative estimate of drug-likeness (QED) is 0.698. The van der Waals surface area contributed by atoms with Crippen LogP contribution in [0, 0.1) is 11.8 Å². The van der Waals surface area contributed by atoms with Crippen LogP contribution < -0.4 is 0 Å². The van der Waals surface area contributed by atoms with Gasteiger partial charge in [-0.2, -0.15) is 13.2 Å². The maximum Gasteiger partial charge on any atom is 0.411 e. The molecule has 0 aromatic heterocycles. The van der Waals surface area contributed by atoms with E-state index < -0.39 is 24.7 Å². The van der Waals surface area contributed by atoms with Crippen molar-refractivity contribution in [1.29, 1.82) is 0 Å². The third-order valence-electron chi connectivity index (χ3n) is 2.46. The summed E-state index contributed by atoms with van der Waals surface area (Å²) in [5.74, 6) is -1.43. The van der Waals surface area contributed by atoms with E-state index >= 15 is 0 Å². The Morgan fingerprint density at radius 2 is 1.94 bits per heavy atom. The van der Waals surface area contributed by atoms with Gasteiger partial charge in [0, 0.05) is 6.61 Å². The number of alkyl halides is 3. The van der Waals surface area contributed by atoms with Gasteiger partial charge in [0.05, 0.1) is 5.92 Å². The zero-order valence-corrected chi connectivity index (χ0v) is 9.38. The third kappa shape index (κ3) is 7.50. The second-order valence-corrected chi connectivity index (χ2v) is 3.91. The van der Waals surface area contributed by atoms with Gasteiger partial charge in [-0.3, -0.25) is 4.79 Å². The van der Waals surface area contributed by atoms with Crippen LogP contribution in [0.3, 0.4) is 0 Å². The monoisotopic (exact) mass is 242 g/mol. The average Bonchev–Trinajstić information content (AvgIpc) is 2.13. The molecule has 0 fully saturated rings. The van der Waals surface area contributed by atoms with Crippen LogP contribution in [0.5, 0.6) is 0 Å². The summed E-state index contributed by atoms with van der Waals surface area (Å²) in [6.45, 7) is 2.12. The minimum absolute atomic E-state index is 0.0101. The molecule has 0 bridgehead atoms. The van der Waals surface area contributed by atoms with E-state index in [9.17, 15) is 18.0 Å². The molecule has 0 saturated heterocycles. The summed E-state index contributed by atoms with van der Waals surface area (Å²) in [5.41, 5.74) is 0. The third-order valence-corrected chi connectivity index (χ3v) is 2.46. The zero-order valence-electron chi connectivity index (χ0n) is 9.38. The van der Waals surface area contributed by atoms with Crippen molar-refractivity contribution < 1.29 is 27.8 Å². The molecular formula is C10H17F3O3. The molecule has 96 valence electrons. The molecule has 1 N–H and O–H groups in total. The highest BCUT2D eigenvalue weighted by Gasteiger charge is 2.27. The van der Waals surface area contributed by atoms with Crippen LogP contribution in [0.4, 0.5) is 13.2 Å². The molecule has 0 heterocycles. The average molecular weight is 242 g/mol. The van der Waals surface area contributed by atoms with E-state index in [-0.39, 0.29) is 12.5 Å². The van der Waals surface area contributed by atoms with Crippen molar-refractivity contribution in [2.45, 2.75) is 32.9 Å². The second kappa shape index (κ2) is 6.73. The maximum absolute atomic E-state index is 11.7. The highest BCUT2D eigenvalue weighted by Crippen LogP contribution is 2.18. The number of aliphatic carboxylic acids is 1. The number of carboxylic acid groups (broad SMARTS) is 1. The number of hydrogen-bond donors (Lipinski definition) is 1. The van der Waals surface area contributed by atoms with Crippen molar-refractivity contribution in [2.24, 2.45) is 11.8 Å². The molecule has 3 nitrogen and oxygen atoms in total. The standard InChI is InChI=1S/C10H17F3O3/c1-7(8(2)9(14)15)4-3-5-16-6-10(11,12)13/h7-8H,3-6H2,1-2H3,(H,14,15). The van der Waals surface area contributed by atoms with Crippen LogP contribution in [0.25, 0.3) is 0 Å². The molecule has 2 unspecified atom stereocenters. The summed E-state index contributed by atoms with van der Waals surface area (Å²) in [5, 5.41) is 8.68. The Balaban J connectivity index is 3.56. The summed E-state index contributed by atoms with van der Waals surface area (Å²) < 4.78 is 39.4. The smallest absolute Gasteiger partial charge is 0.411 e. The van der Waals surface area contributed by atoms with Crippen LogP contribution in [0.2, 0.25) is 0 Å². The normalized spacial score (nSPS) is 15.8. The SMILES string of the molecule is CC(CCCOCC(F)(F)F)C(C)C(=O)O. The fraction of sp³-hybridized carbons (Fsp3) is 0.900. The maximum atomic E-state index is 11.7. The highest BCUT2D eigenvalue weighted by molar-refractivity contribution is 5.69. The van der Waals surface area contributed by atoms with E-state index in [2.05, 4.69) is 4.74 Å². The van der Waals surface area contributed by atoms with Crippen molar-refractivity contribution in [3.05, 3.63) is 0 Å². The molecule has 0 aliphatic heterocycles. The fourth-order valence-electron chi connectivity index (χ4n) is 1.19. The molecule has 0 amide bonds. The summed E-state index contributed by atoms with van der Waals surface area (Å²) >= 11 is 0. The lowest BCUT2D eigenvalue weighted by molar-refractivity contribution is -0.174. The molecule has 0 radical (unpaired) electrons. The predicted octanol–water partition coefficient (Wildman–Crippen LogP) is 2.70. The first-order chi connectivity index (χ1) is 7.24. The number of rotatable bonds is 7. The number of carboxylic acids is 1. The molecule has 2 atom stereocenters. The largest absolute Gasteiger partial charge is 0.481 e. The van der Waals surface area contributed by atoms with E-state index in [4.69, 9.17) is 5.11 Å². The first-order valence-corrected chi connectivity index (χ1v) is 5.11. The van der Waals surface area contributed by atoms with Crippen LogP contribution >= 0.6 is 0 Å². The van der Waals surface area contributed by atoms with Gasteiger partial charge in [0.2, 0.25) is 0 Å². The lowest BCUT2D eigenvalue weighted by atomic mass is 9.92. The van der Waals surface area contributed by atoms with Gasteiger partial charge in [-0.05, 0) is 18.8 Å². The molecule has 0 aromatic carbocycles. The van der Waals surface area contributed by atoms with Crippen molar-refractivity contribution in [3.8, 4) is 0 Å². The van der Waals surface area contributed by atoms with Gasteiger partial charge in [-0.1, -0.05) is 13.8 Å². The van der Waals surface area contributed by atoms with Crippen LogP contribution in [-0.2, 0) is 9.53 Å². The number of halogens is 3. The molecule has 0 aromatic rings. The minimum atomic E-state index is -4.29. The Bertz CT molecular complexity index is 216. The first-order valence-electron chi connectivity index (χ1n) is 5.11. The summed E-state index contributed by atoms with van der Waals surface area (Å²) in [4.78, 5) is 10.6. The van der Waals surface area contributed by atoms with Crippen molar-refractivity contribution in [3.63, 3.8) is 0 Å². The number of ether oxygens (including phenoxy) is 1. The lowest BCUT2D eigenvalue weighted by Crippen LogP contribution is -2.20. The molecule has 6 heteroatoms. The number of hydrogen-bond acceptors (Lipinski definition) is 2. The topological polar surface area (TPSA) is 46.5 Å². The van der Waals surface area contributed by atoms with Gasteiger partial charge in [0.1, 0.15) is 6.61 Å². The van der Waals surface area contributed by atoms with Gasteiger partial charge in [0.25, 0.3) is 0 Å². The molecule has 0 rings (SSSR count). The van der Waals surface area contributed by atoms with Crippen molar-refractivity contribution in [2.75, 3.05) is 13.2 Å². The van der Waals surface area contributed by atoms with E-state index in [0.29, 0.717) is 12.8 Å².